The van der Waals surface area contributed by atoms with E-state index in [0.29, 0.717) is 0 Å². The third-order valence-corrected chi connectivity index (χ3v) is 1.63. The van der Waals surface area contributed by atoms with Gasteiger partial charge in [-0.25, -0.2) is 0 Å². The highest BCUT2D eigenvalue weighted by Crippen LogP contribution is 2.26. The standard InChI is InChI=1S/C9H14F2O3/c1-4-5-14-7(6(2)3)9(10,11)8(12)13/h4,6-7H,1,5H2,2-3H3,(H,12,13)/p-1. The molecule has 0 fully saturated rings. The molecule has 14 heavy (non-hydrogen) atoms. The summed E-state index contributed by atoms with van der Waals surface area (Å²) >= 11 is 0. The van der Waals surface area contributed by atoms with E-state index in [-0.39, 0.29) is 6.61 Å². The van der Waals surface area contributed by atoms with Gasteiger partial charge in [-0.15, -0.1) is 6.58 Å². The Bertz CT molecular complexity index is 214. The molecule has 82 valence electrons. The lowest BCUT2D eigenvalue weighted by atomic mass is 10.0. The molecule has 1 atom stereocenters. The van der Waals surface area contributed by atoms with Gasteiger partial charge in [0.05, 0.1) is 6.61 Å². The molecule has 0 bridgehead atoms. The zero-order valence-electron chi connectivity index (χ0n) is 8.13. The molecular formula is C9H13F2O3-. The third kappa shape index (κ3) is 3.06. The lowest BCUT2D eigenvalue weighted by Gasteiger charge is -2.30. The smallest absolute Gasteiger partial charge is 0.312 e. The molecule has 0 amide bonds. The molecule has 0 aromatic carbocycles. The number of ether oxygens (including phenoxy) is 1. The number of aliphatic carboxylic acids is 1. The van der Waals surface area contributed by atoms with Crippen molar-refractivity contribution in [2.24, 2.45) is 5.92 Å². The molecule has 0 heterocycles. The van der Waals surface area contributed by atoms with Gasteiger partial charge in [0, 0.05) is 0 Å². The van der Waals surface area contributed by atoms with Crippen molar-refractivity contribution in [3.05, 3.63) is 12.7 Å². The van der Waals surface area contributed by atoms with Crippen LogP contribution in [0.2, 0.25) is 0 Å². The Morgan fingerprint density at radius 2 is 2.14 bits per heavy atom. The molecule has 0 aliphatic heterocycles. The summed E-state index contributed by atoms with van der Waals surface area (Å²) in [5, 5.41) is 10.2. The summed E-state index contributed by atoms with van der Waals surface area (Å²) in [7, 11) is 0. The minimum absolute atomic E-state index is 0.119. The Balaban J connectivity index is 4.62. The predicted molar refractivity (Wildman–Crippen MR) is 44.7 cm³/mol. The molecule has 5 heteroatoms. The van der Waals surface area contributed by atoms with Crippen LogP contribution in [0.3, 0.4) is 0 Å². The normalized spacial score (nSPS) is 14.1. The van der Waals surface area contributed by atoms with Crippen LogP contribution >= 0.6 is 0 Å². The highest BCUT2D eigenvalue weighted by molar-refractivity contribution is 5.74. The summed E-state index contributed by atoms with van der Waals surface area (Å²) in [6.45, 7) is 6.06. The van der Waals surface area contributed by atoms with Gasteiger partial charge in [0.2, 0.25) is 0 Å². The lowest BCUT2D eigenvalue weighted by Crippen LogP contribution is -2.52. The molecule has 0 radical (unpaired) electrons. The van der Waals surface area contributed by atoms with E-state index in [1.807, 2.05) is 0 Å². The Kier molecular flexibility index (Phi) is 4.70. The van der Waals surface area contributed by atoms with Gasteiger partial charge in [-0.05, 0) is 5.92 Å². The van der Waals surface area contributed by atoms with Gasteiger partial charge in [0.15, 0.2) is 0 Å². The molecule has 0 saturated heterocycles. The molecule has 0 spiro atoms. The van der Waals surface area contributed by atoms with Crippen LogP contribution in [0.15, 0.2) is 12.7 Å². The molecule has 0 aliphatic rings. The van der Waals surface area contributed by atoms with Crippen LogP contribution < -0.4 is 5.11 Å². The minimum atomic E-state index is -3.98. The number of alkyl halides is 2. The average Bonchev–Trinajstić information content (AvgIpc) is 2.03. The summed E-state index contributed by atoms with van der Waals surface area (Å²) in [6.07, 6.45) is -0.411. The van der Waals surface area contributed by atoms with E-state index in [4.69, 9.17) is 0 Å². The molecule has 0 N–H and O–H groups in total. The lowest BCUT2D eigenvalue weighted by molar-refractivity contribution is -0.338. The van der Waals surface area contributed by atoms with Crippen molar-refractivity contribution >= 4 is 5.97 Å². The monoisotopic (exact) mass is 207 g/mol. The van der Waals surface area contributed by atoms with Crippen LogP contribution in [-0.4, -0.2) is 24.6 Å². The first-order chi connectivity index (χ1) is 6.34. The Morgan fingerprint density at radius 3 is 2.43 bits per heavy atom. The minimum Gasteiger partial charge on any atom is -0.544 e. The first-order valence-electron chi connectivity index (χ1n) is 4.15. The Hall–Kier alpha value is -0.970. The van der Waals surface area contributed by atoms with Gasteiger partial charge in [-0.2, -0.15) is 8.78 Å². The number of carbonyl (C=O) groups excluding carboxylic acids is 1. The van der Waals surface area contributed by atoms with Gasteiger partial charge < -0.3 is 14.6 Å². The number of carboxylic acids is 1. The topological polar surface area (TPSA) is 49.4 Å². The number of carbonyl (C=O) groups is 1. The van der Waals surface area contributed by atoms with Crippen molar-refractivity contribution in [1.82, 2.24) is 0 Å². The largest absolute Gasteiger partial charge is 0.544 e. The van der Waals surface area contributed by atoms with Crippen LogP contribution in [0, 0.1) is 5.92 Å². The second-order valence-corrected chi connectivity index (χ2v) is 3.20. The third-order valence-electron chi connectivity index (χ3n) is 1.63. The van der Waals surface area contributed by atoms with E-state index in [1.54, 1.807) is 0 Å². The fourth-order valence-electron chi connectivity index (χ4n) is 1.00. The van der Waals surface area contributed by atoms with Crippen LogP contribution in [0.4, 0.5) is 8.78 Å². The molecular weight excluding hydrogens is 194 g/mol. The van der Waals surface area contributed by atoms with Crippen molar-refractivity contribution in [2.45, 2.75) is 25.9 Å². The summed E-state index contributed by atoms with van der Waals surface area (Å²) in [5.74, 6) is -7.01. The maximum Gasteiger partial charge on any atom is 0.312 e. The second-order valence-electron chi connectivity index (χ2n) is 3.20. The molecule has 0 aromatic heterocycles. The molecule has 0 aliphatic carbocycles. The quantitative estimate of drug-likeness (QED) is 0.599. The Morgan fingerprint density at radius 1 is 1.64 bits per heavy atom. The van der Waals surface area contributed by atoms with E-state index in [1.165, 1.54) is 19.9 Å². The van der Waals surface area contributed by atoms with E-state index >= 15 is 0 Å². The fraction of sp³-hybridized carbons (Fsp3) is 0.667. The van der Waals surface area contributed by atoms with Crippen LogP contribution in [0.1, 0.15) is 13.8 Å². The molecule has 0 rings (SSSR count). The average molecular weight is 207 g/mol. The van der Waals surface area contributed by atoms with E-state index < -0.39 is 23.9 Å². The summed E-state index contributed by atoms with van der Waals surface area (Å²) < 4.78 is 30.6. The van der Waals surface area contributed by atoms with Crippen LogP contribution in [-0.2, 0) is 9.53 Å². The molecule has 3 nitrogen and oxygen atoms in total. The summed E-state index contributed by atoms with van der Waals surface area (Å²) in [5.41, 5.74) is 0. The van der Waals surface area contributed by atoms with Crippen molar-refractivity contribution in [3.63, 3.8) is 0 Å². The second kappa shape index (κ2) is 5.05. The van der Waals surface area contributed by atoms with Crippen LogP contribution in [0.25, 0.3) is 0 Å². The van der Waals surface area contributed by atoms with Crippen molar-refractivity contribution in [3.8, 4) is 0 Å². The van der Waals surface area contributed by atoms with Gasteiger partial charge >= 0.3 is 5.92 Å². The maximum absolute atomic E-state index is 13.0. The number of hydrogen-bond acceptors (Lipinski definition) is 3. The molecule has 1 unspecified atom stereocenters. The highest BCUT2D eigenvalue weighted by Gasteiger charge is 2.43. The molecule has 0 saturated carbocycles. The van der Waals surface area contributed by atoms with Gasteiger partial charge in [0.1, 0.15) is 12.1 Å². The number of halogens is 2. The number of rotatable bonds is 6. The van der Waals surface area contributed by atoms with Crippen LogP contribution in [0.5, 0.6) is 0 Å². The SMILES string of the molecule is C=CCOC(C(C)C)C(F)(F)C(=O)[O-]. The van der Waals surface area contributed by atoms with Crippen molar-refractivity contribution in [2.75, 3.05) is 6.61 Å². The van der Waals surface area contributed by atoms with Crippen molar-refractivity contribution < 1.29 is 23.4 Å². The first kappa shape index (κ1) is 13.0. The van der Waals surface area contributed by atoms with Gasteiger partial charge in [0.25, 0.3) is 0 Å². The highest BCUT2D eigenvalue weighted by atomic mass is 19.3. The van der Waals surface area contributed by atoms with E-state index in [0.717, 1.165) is 0 Å². The van der Waals surface area contributed by atoms with Crippen molar-refractivity contribution in [1.29, 1.82) is 0 Å². The van der Waals surface area contributed by atoms with E-state index in [9.17, 15) is 18.7 Å². The zero-order valence-corrected chi connectivity index (χ0v) is 8.13. The first-order valence-corrected chi connectivity index (χ1v) is 4.15. The van der Waals surface area contributed by atoms with Gasteiger partial charge in [-0.3, -0.25) is 0 Å². The maximum atomic E-state index is 13.0. The zero-order chi connectivity index (χ0) is 11.4. The van der Waals surface area contributed by atoms with E-state index in [2.05, 4.69) is 11.3 Å². The molecule has 0 aromatic rings. The summed E-state index contributed by atoms with van der Waals surface area (Å²) in [6, 6.07) is 0. The number of carboxylic acid groups (broad SMARTS) is 1. The summed E-state index contributed by atoms with van der Waals surface area (Å²) in [4.78, 5) is 10.2. The number of hydrogen-bond donors (Lipinski definition) is 0. The Labute approximate surface area is 81.4 Å². The van der Waals surface area contributed by atoms with Gasteiger partial charge in [-0.1, -0.05) is 19.9 Å². The fourth-order valence-corrected chi connectivity index (χ4v) is 1.00. The predicted octanol–water partition coefficient (Wildman–Crippen LogP) is 0.599.